The van der Waals surface area contributed by atoms with Crippen LogP contribution in [0.1, 0.15) is 0 Å². The van der Waals surface area contributed by atoms with E-state index in [0.717, 1.165) is 0 Å². The minimum Gasteiger partial charge on any atom is -0.465 e. The van der Waals surface area contributed by atoms with Crippen molar-refractivity contribution >= 4 is 22.6 Å². The summed E-state index contributed by atoms with van der Waals surface area (Å²) in [6.45, 7) is 0. The van der Waals surface area contributed by atoms with Crippen molar-refractivity contribution in [1.29, 1.82) is 0 Å². The zero-order valence-electron chi connectivity index (χ0n) is 3.93. The Balaban J connectivity index is 0. The summed E-state index contributed by atoms with van der Waals surface area (Å²) in [7, 11) is 0. The minimum atomic E-state index is 0. The van der Waals surface area contributed by atoms with Crippen LogP contribution in [-0.2, 0) is 35.7 Å². The second-order valence-electron chi connectivity index (χ2n) is 0.948. The number of ether oxygens (including phenoxy) is 2. The van der Waals surface area contributed by atoms with Gasteiger partial charge in [0.15, 0.2) is 0 Å². The van der Waals surface area contributed by atoms with Gasteiger partial charge >= 0.3 is 0 Å². The summed E-state index contributed by atoms with van der Waals surface area (Å²) in [5.41, 5.74) is 0. The van der Waals surface area contributed by atoms with Crippen LogP contribution in [0.3, 0.4) is 0 Å². The topological polar surface area (TPSA) is 18.5 Å². The van der Waals surface area contributed by atoms with Crippen molar-refractivity contribution in [2.75, 3.05) is 0 Å². The van der Waals surface area contributed by atoms with Crippen molar-refractivity contribution in [3.8, 4) is 0 Å². The zero-order chi connectivity index (χ0) is 5.11. The Labute approximate surface area is 82.0 Å². The molecule has 0 amide bonds. The van der Waals surface area contributed by atoms with Gasteiger partial charge in [-0.25, -0.2) is 0 Å². The molecule has 50 valence electrons. The predicted octanol–water partition coefficient (Wildman–Crippen LogP) is 0.0880. The van der Waals surface area contributed by atoms with Gasteiger partial charge in [-0.3, -0.25) is 0 Å². The molecule has 0 aromatic carbocycles. The maximum Gasteiger partial charge on any atom is 0.228 e. The minimum absolute atomic E-state index is 0. The summed E-state index contributed by atoms with van der Waals surface area (Å²) in [5, 5.41) is 0.252. The predicted molar refractivity (Wildman–Crippen MR) is 36.6 cm³/mol. The number of hydrogen-bond donors (Lipinski definition) is 0. The number of rotatable bonds is 0. The van der Waals surface area contributed by atoms with E-state index in [1.165, 1.54) is 18.8 Å². The van der Waals surface area contributed by atoms with Crippen LogP contribution in [0.4, 0.5) is 0 Å². The molecular weight excluding hydrogens is 235 g/mol. The third kappa shape index (κ3) is 4.94. The van der Waals surface area contributed by atoms with Gasteiger partial charge in [-0.1, -0.05) is 0 Å². The molecule has 0 aromatic rings. The SMILES string of the molecule is ClC1=COC=CO1.[SiH4].[Zr]. The molecule has 0 N–H and O–H groups in total. The molecule has 0 radical (unpaired) electrons. The molecule has 0 spiro atoms. The molecule has 0 aliphatic carbocycles. The first-order valence-electron chi connectivity index (χ1n) is 1.72. The van der Waals surface area contributed by atoms with E-state index < -0.39 is 0 Å². The molecule has 0 saturated carbocycles. The van der Waals surface area contributed by atoms with Crippen molar-refractivity contribution in [1.82, 2.24) is 0 Å². The molecule has 1 heterocycles. The fourth-order valence-corrected chi connectivity index (χ4v) is 0.348. The van der Waals surface area contributed by atoms with E-state index in [9.17, 15) is 0 Å². The zero-order valence-corrected chi connectivity index (χ0v) is 7.14. The Kier molecular flexibility index (Phi) is 8.91. The first-order chi connectivity index (χ1) is 3.39. The Hall–Kier alpha value is 0.470. The fourth-order valence-electron chi connectivity index (χ4n) is 0.245. The second kappa shape index (κ2) is 6.59. The van der Waals surface area contributed by atoms with Gasteiger partial charge in [0, 0.05) is 26.2 Å². The maximum atomic E-state index is 5.28. The molecule has 0 unspecified atom stereocenters. The summed E-state index contributed by atoms with van der Waals surface area (Å²) in [4.78, 5) is 0. The van der Waals surface area contributed by atoms with Crippen LogP contribution in [0.25, 0.3) is 0 Å². The quantitative estimate of drug-likeness (QED) is 0.560. The van der Waals surface area contributed by atoms with Crippen LogP contribution in [0.5, 0.6) is 0 Å². The van der Waals surface area contributed by atoms with Crippen molar-refractivity contribution in [3.05, 3.63) is 24.0 Å². The molecule has 2 nitrogen and oxygen atoms in total. The van der Waals surface area contributed by atoms with E-state index >= 15 is 0 Å². The summed E-state index contributed by atoms with van der Waals surface area (Å²) in [5.74, 6) is 0. The van der Waals surface area contributed by atoms with Gasteiger partial charge < -0.3 is 9.47 Å². The van der Waals surface area contributed by atoms with E-state index in [1.807, 2.05) is 0 Å². The Morgan fingerprint density at radius 2 is 2.00 bits per heavy atom. The first kappa shape index (κ1) is 12.2. The monoisotopic (exact) mass is 240 g/mol. The number of halogens is 1. The Morgan fingerprint density at radius 3 is 2.22 bits per heavy atom. The average molecular weight is 242 g/mol. The van der Waals surface area contributed by atoms with E-state index in [2.05, 4.69) is 9.47 Å². The van der Waals surface area contributed by atoms with Gasteiger partial charge in [-0.05, 0) is 22.6 Å². The summed E-state index contributed by atoms with van der Waals surface area (Å²) < 4.78 is 9.18. The van der Waals surface area contributed by atoms with Crippen LogP contribution in [0, 0.1) is 0 Å². The maximum absolute atomic E-state index is 5.28. The van der Waals surface area contributed by atoms with E-state index in [-0.39, 0.29) is 42.4 Å². The second-order valence-corrected chi connectivity index (χ2v) is 1.32. The van der Waals surface area contributed by atoms with Crippen LogP contribution < -0.4 is 0 Å². The Bertz CT molecular complexity index is 126. The van der Waals surface area contributed by atoms with Crippen molar-refractivity contribution < 1.29 is 35.7 Å². The average Bonchev–Trinajstić information content (AvgIpc) is 1.69. The summed E-state index contributed by atoms with van der Waals surface area (Å²) in [6.07, 6.45) is 4.07. The van der Waals surface area contributed by atoms with Crippen LogP contribution in [0.15, 0.2) is 24.0 Å². The first-order valence-corrected chi connectivity index (χ1v) is 2.10. The molecule has 1 aliphatic heterocycles. The van der Waals surface area contributed by atoms with Crippen LogP contribution in [-0.4, -0.2) is 11.0 Å². The molecule has 0 saturated heterocycles. The fraction of sp³-hybridized carbons (Fsp3) is 0. The molecule has 1 rings (SSSR count). The summed E-state index contributed by atoms with van der Waals surface area (Å²) >= 11 is 5.28. The van der Waals surface area contributed by atoms with E-state index in [4.69, 9.17) is 11.6 Å². The van der Waals surface area contributed by atoms with Crippen LogP contribution in [0.2, 0.25) is 0 Å². The molecule has 0 aromatic heterocycles. The van der Waals surface area contributed by atoms with Gasteiger partial charge in [-0.2, -0.15) is 0 Å². The van der Waals surface area contributed by atoms with Gasteiger partial charge in [0.25, 0.3) is 0 Å². The van der Waals surface area contributed by atoms with Crippen molar-refractivity contribution in [2.24, 2.45) is 0 Å². The van der Waals surface area contributed by atoms with Gasteiger partial charge in [-0.15, -0.1) is 0 Å². The van der Waals surface area contributed by atoms with Crippen LogP contribution >= 0.6 is 11.6 Å². The summed E-state index contributed by atoms with van der Waals surface area (Å²) in [6, 6.07) is 0. The smallest absolute Gasteiger partial charge is 0.228 e. The molecule has 0 bridgehead atoms. The Morgan fingerprint density at radius 1 is 1.33 bits per heavy atom. The van der Waals surface area contributed by atoms with Gasteiger partial charge in [0.05, 0.1) is 0 Å². The molecule has 0 fully saturated rings. The molecule has 1 aliphatic rings. The normalized spacial score (nSPS) is 13.2. The largest absolute Gasteiger partial charge is 0.465 e. The molecule has 5 heteroatoms. The third-order valence-corrected chi connectivity index (χ3v) is 0.654. The van der Waals surface area contributed by atoms with Gasteiger partial charge in [0.2, 0.25) is 5.22 Å². The van der Waals surface area contributed by atoms with E-state index in [1.54, 1.807) is 0 Å². The third-order valence-electron chi connectivity index (χ3n) is 0.475. The standard InChI is InChI=1S/C4H3ClO2.H4Si.Zr/c5-4-3-6-1-2-7-4;;/h1-3H;1H4;. The molecular formula is C4H7ClO2SiZr. The van der Waals surface area contributed by atoms with E-state index in [0.29, 0.717) is 0 Å². The molecule has 0 atom stereocenters. The number of hydrogen-bond acceptors (Lipinski definition) is 2. The van der Waals surface area contributed by atoms with Crippen molar-refractivity contribution in [2.45, 2.75) is 0 Å². The molecule has 9 heavy (non-hydrogen) atoms. The van der Waals surface area contributed by atoms with Gasteiger partial charge in [0.1, 0.15) is 18.8 Å². The van der Waals surface area contributed by atoms with Crippen molar-refractivity contribution in [3.63, 3.8) is 0 Å².